The van der Waals surface area contributed by atoms with E-state index in [1.165, 1.54) is 18.6 Å². The van der Waals surface area contributed by atoms with Crippen molar-refractivity contribution in [1.29, 1.82) is 0 Å². The van der Waals surface area contributed by atoms with Crippen LogP contribution >= 0.6 is 0 Å². The van der Waals surface area contributed by atoms with Crippen LogP contribution in [-0.4, -0.2) is 30.6 Å². The second kappa shape index (κ2) is 5.37. The van der Waals surface area contributed by atoms with E-state index in [-0.39, 0.29) is 0 Å². The van der Waals surface area contributed by atoms with Crippen LogP contribution < -0.4 is 5.32 Å². The molecule has 0 radical (unpaired) electrons. The maximum Gasteiger partial charge on any atom is 0.416 e. The van der Waals surface area contributed by atoms with Gasteiger partial charge < -0.3 is 5.32 Å². The molecule has 0 spiro atoms. The van der Waals surface area contributed by atoms with E-state index in [1.54, 1.807) is 12.1 Å². The number of alkyl halides is 3. The third-order valence-corrected chi connectivity index (χ3v) is 4.43. The molecule has 0 aliphatic carbocycles. The fourth-order valence-corrected chi connectivity index (χ4v) is 3.32. The van der Waals surface area contributed by atoms with Gasteiger partial charge in [-0.2, -0.15) is 13.2 Å². The lowest BCUT2D eigenvalue weighted by Gasteiger charge is -2.34. The van der Waals surface area contributed by atoms with Gasteiger partial charge in [0.15, 0.2) is 0 Å². The van der Waals surface area contributed by atoms with Crippen molar-refractivity contribution in [1.82, 2.24) is 10.2 Å². The summed E-state index contributed by atoms with van der Waals surface area (Å²) in [7, 11) is 0. The van der Waals surface area contributed by atoms with Gasteiger partial charge in [-0.15, -0.1) is 0 Å². The van der Waals surface area contributed by atoms with E-state index < -0.39 is 11.7 Å². The van der Waals surface area contributed by atoms with E-state index in [2.05, 4.69) is 10.2 Å². The molecule has 3 rings (SSSR count). The molecule has 0 bridgehead atoms. The maximum absolute atomic E-state index is 12.5. The molecule has 1 aromatic carbocycles. The fourth-order valence-electron chi connectivity index (χ4n) is 3.32. The average molecular weight is 284 g/mol. The van der Waals surface area contributed by atoms with E-state index in [1.807, 2.05) is 0 Å². The molecule has 110 valence electrons. The zero-order valence-corrected chi connectivity index (χ0v) is 11.3. The van der Waals surface area contributed by atoms with E-state index in [4.69, 9.17) is 0 Å². The van der Waals surface area contributed by atoms with E-state index in [0.717, 1.165) is 38.2 Å². The van der Waals surface area contributed by atoms with Gasteiger partial charge >= 0.3 is 6.18 Å². The van der Waals surface area contributed by atoms with Crippen LogP contribution in [0.5, 0.6) is 0 Å². The molecule has 2 fully saturated rings. The Morgan fingerprint density at radius 3 is 2.60 bits per heavy atom. The first-order chi connectivity index (χ1) is 9.52. The third-order valence-electron chi connectivity index (χ3n) is 4.43. The van der Waals surface area contributed by atoms with Crippen molar-refractivity contribution in [2.75, 3.05) is 19.6 Å². The van der Waals surface area contributed by atoms with Crippen LogP contribution in [0.25, 0.3) is 0 Å². The molecule has 0 aromatic heterocycles. The average Bonchev–Trinajstić information content (AvgIpc) is 2.86. The summed E-state index contributed by atoms with van der Waals surface area (Å²) in [6, 6.07) is 6.21. The van der Waals surface area contributed by atoms with Crippen molar-refractivity contribution in [2.45, 2.75) is 31.6 Å². The van der Waals surface area contributed by atoms with Gasteiger partial charge in [-0.1, -0.05) is 12.1 Å². The Morgan fingerprint density at radius 2 is 1.90 bits per heavy atom. The molecule has 2 atom stereocenters. The summed E-state index contributed by atoms with van der Waals surface area (Å²) >= 11 is 0. The normalized spacial score (nSPS) is 27.6. The number of hydrogen-bond donors (Lipinski definition) is 1. The molecule has 2 nitrogen and oxygen atoms in total. The summed E-state index contributed by atoms with van der Waals surface area (Å²) < 4.78 is 37.5. The molecule has 20 heavy (non-hydrogen) atoms. The van der Waals surface area contributed by atoms with E-state index in [0.29, 0.717) is 12.0 Å². The van der Waals surface area contributed by atoms with Crippen LogP contribution in [0.4, 0.5) is 13.2 Å². The quantitative estimate of drug-likeness (QED) is 0.898. The van der Waals surface area contributed by atoms with Gasteiger partial charge in [-0.05, 0) is 49.5 Å². The number of fused-ring (bicyclic) bond motifs is 1. The SMILES string of the molecule is FC(F)(F)c1ccc(CN2CCC3NCCC3C2)cc1. The number of benzene rings is 1. The zero-order valence-electron chi connectivity index (χ0n) is 11.3. The molecule has 1 N–H and O–H groups in total. The van der Waals surface area contributed by atoms with Gasteiger partial charge in [0.1, 0.15) is 0 Å². The van der Waals surface area contributed by atoms with Gasteiger partial charge in [-0.3, -0.25) is 4.90 Å². The van der Waals surface area contributed by atoms with Crippen LogP contribution in [0.3, 0.4) is 0 Å². The van der Waals surface area contributed by atoms with Crippen molar-refractivity contribution in [2.24, 2.45) is 5.92 Å². The number of hydrogen-bond acceptors (Lipinski definition) is 2. The highest BCUT2D eigenvalue weighted by atomic mass is 19.4. The van der Waals surface area contributed by atoms with Gasteiger partial charge in [0.05, 0.1) is 5.56 Å². The standard InChI is InChI=1S/C15H19F3N2/c16-15(17,18)13-3-1-11(2-4-13)9-20-8-6-14-12(10-20)5-7-19-14/h1-4,12,14,19H,5-10H2. The molecular formula is C15H19F3N2. The molecule has 2 saturated heterocycles. The van der Waals surface area contributed by atoms with Crippen LogP contribution in [0, 0.1) is 5.92 Å². The van der Waals surface area contributed by atoms with Gasteiger partial charge in [-0.25, -0.2) is 0 Å². The Hall–Kier alpha value is -1.07. The maximum atomic E-state index is 12.5. The fraction of sp³-hybridized carbons (Fsp3) is 0.600. The zero-order chi connectivity index (χ0) is 14.2. The Bertz CT molecular complexity index is 455. The van der Waals surface area contributed by atoms with Crippen molar-refractivity contribution in [3.63, 3.8) is 0 Å². The minimum absolute atomic E-state index is 0.569. The molecular weight excluding hydrogens is 265 g/mol. The van der Waals surface area contributed by atoms with Gasteiger partial charge in [0, 0.05) is 19.1 Å². The first-order valence-electron chi connectivity index (χ1n) is 7.14. The number of nitrogens with zero attached hydrogens (tertiary/aromatic N) is 1. The molecule has 2 unspecified atom stereocenters. The summed E-state index contributed by atoms with van der Waals surface area (Å²) in [5, 5.41) is 3.52. The lowest BCUT2D eigenvalue weighted by molar-refractivity contribution is -0.137. The topological polar surface area (TPSA) is 15.3 Å². The highest BCUT2D eigenvalue weighted by molar-refractivity contribution is 5.24. The number of likely N-dealkylation sites (tertiary alicyclic amines) is 1. The lowest BCUT2D eigenvalue weighted by atomic mass is 9.93. The number of nitrogens with one attached hydrogen (secondary N) is 1. The first kappa shape index (κ1) is 13.9. The Labute approximate surface area is 117 Å². The monoisotopic (exact) mass is 284 g/mol. The number of piperidine rings is 1. The van der Waals surface area contributed by atoms with Crippen molar-refractivity contribution in [3.8, 4) is 0 Å². The first-order valence-corrected chi connectivity index (χ1v) is 7.14. The predicted octanol–water partition coefficient (Wildman–Crippen LogP) is 2.89. The molecule has 0 amide bonds. The Balaban J connectivity index is 1.60. The second-order valence-corrected chi connectivity index (χ2v) is 5.83. The highest BCUT2D eigenvalue weighted by Crippen LogP contribution is 2.30. The summed E-state index contributed by atoms with van der Waals surface area (Å²) in [6.45, 7) is 3.93. The molecule has 2 aliphatic rings. The van der Waals surface area contributed by atoms with Gasteiger partial charge in [0.25, 0.3) is 0 Å². The van der Waals surface area contributed by atoms with Crippen LogP contribution in [0.1, 0.15) is 24.0 Å². The number of halogens is 3. The largest absolute Gasteiger partial charge is 0.416 e. The minimum atomic E-state index is -4.24. The summed E-state index contributed by atoms with van der Waals surface area (Å²) in [5.74, 6) is 0.707. The Kier molecular flexibility index (Phi) is 3.73. The number of rotatable bonds is 2. The smallest absolute Gasteiger partial charge is 0.314 e. The molecule has 2 heterocycles. The van der Waals surface area contributed by atoms with Crippen molar-refractivity contribution in [3.05, 3.63) is 35.4 Å². The minimum Gasteiger partial charge on any atom is -0.314 e. The van der Waals surface area contributed by atoms with E-state index in [9.17, 15) is 13.2 Å². The van der Waals surface area contributed by atoms with Crippen LogP contribution in [0.2, 0.25) is 0 Å². The molecule has 1 aromatic rings. The van der Waals surface area contributed by atoms with Gasteiger partial charge in [0.2, 0.25) is 0 Å². The van der Waals surface area contributed by atoms with Crippen molar-refractivity contribution < 1.29 is 13.2 Å². The highest BCUT2D eigenvalue weighted by Gasteiger charge is 2.33. The lowest BCUT2D eigenvalue weighted by Crippen LogP contribution is -2.43. The molecule has 5 heteroatoms. The van der Waals surface area contributed by atoms with Crippen LogP contribution in [-0.2, 0) is 12.7 Å². The predicted molar refractivity (Wildman–Crippen MR) is 71.2 cm³/mol. The Morgan fingerprint density at radius 1 is 1.15 bits per heavy atom. The molecule has 2 aliphatic heterocycles. The second-order valence-electron chi connectivity index (χ2n) is 5.83. The summed E-state index contributed by atoms with van der Waals surface area (Å²) in [6.07, 6.45) is -1.88. The van der Waals surface area contributed by atoms with E-state index >= 15 is 0 Å². The summed E-state index contributed by atoms with van der Waals surface area (Å²) in [4.78, 5) is 2.36. The summed E-state index contributed by atoms with van der Waals surface area (Å²) in [5.41, 5.74) is 0.391. The van der Waals surface area contributed by atoms with Crippen molar-refractivity contribution >= 4 is 0 Å². The third kappa shape index (κ3) is 2.99. The van der Waals surface area contributed by atoms with Crippen LogP contribution in [0.15, 0.2) is 24.3 Å². The molecule has 0 saturated carbocycles.